The number of benzene rings is 1. The molecule has 0 radical (unpaired) electrons. The van der Waals surface area contributed by atoms with Gasteiger partial charge in [0.2, 0.25) is 0 Å². The monoisotopic (exact) mass is 499 g/mol. The van der Waals surface area contributed by atoms with Crippen molar-refractivity contribution in [1.29, 1.82) is 0 Å². The third kappa shape index (κ3) is 3.11. The highest BCUT2D eigenvalue weighted by Crippen LogP contribution is 2.66. The van der Waals surface area contributed by atoms with Gasteiger partial charge in [0.05, 0.1) is 29.0 Å². The SMILES string of the molecule is O=S(=O)(/C=C/c1ccoc1)O[C@@H]1CC[C@@]2(O)[C@H]3Cc4ccc(O)c5c4[C@@]2(CCN3CC2CC2)[C@H]1O5. The first-order valence-electron chi connectivity index (χ1n) is 12.4. The van der Waals surface area contributed by atoms with Gasteiger partial charge in [-0.15, -0.1) is 0 Å². The molecule has 2 N–H and O–H groups in total. The fourth-order valence-electron chi connectivity index (χ4n) is 7.27. The molecule has 0 unspecified atom stereocenters. The lowest BCUT2D eigenvalue weighted by molar-refractivity contribution is -0.204. The Morgan fingerprint density at radius 2 is 2.06 bits per heavy atom. The van der Waals surface area contributed by atoms with Crippen LogP contribution in [0.3, 0.4) is 0 Å². The molecule has 1 spiro atoms. The van der Waals surface area contributed by atoms with Crippen LogP contribution < -0.4 is 4.74 Å². The first-order valence-corrected chi connectivity index (χ1v) is 13.9. The van der Waals surface area contributed by atoms with Crippen LogP contribution in [-0.4, -0.2) is 60.5 Å². The van der Waals surface area contributed by atoms with Gasteiger partial charge in [0, 0.05) is 23.7 Å². The molecule has 8 nitrogen and oxygen atoms in total. The molecule has 3 fully saturated rings. The summed E-state index contributed by atoms with van der Waals surface area (Å²) in [6.45, 7) is 1.79. The van der Waals surface area contributed by atoms with Gasteiger partial charge >= 0.3 is 0 Å². The second kappa shape index (κ2) is 7.35. The third-order valence-electron chi connectivity index (χ3n) is 8.94. The maximum Gasteiger partial charge on any atom is 0.290 e. The van der Waals surface area contributed by atoms with E-state index in [1.165, 1.54) is 31.4 Å². The lowest BCUT2D eigenvalue weighted by Gasteiger charge is -2.64. The molecule has 186 valence electrons. The average molecular weight is 500 g/mol. The molecule has 7 rings (SSSR count). The molecule has 5 aliphatic rings. The molecule has 1 aromatic heterocycles. The van der Waals surface area contributed by atoms with Gasteiger partial charge in [-0.2, -0.15) is 8.42 Å². The largest absolute Gasteiger partial charge is 0.504 e. The topological polar surface area (TPSA) is 109 Å². The lowest BCUT2D eigenvalue weighted by Crippen LogP contribution is -2.77. The second-order valence-electron chi connectivity index (χ2n) is 10.8. The number of phenols is 1. The third-order valence-corrected chi connectivity index (χ3v) is 9.92. The fourth-order valence-corrected chi connectivity index (χ4v) is 8.20. The highest BCUT2D eigenvalue weighted by atomic mass is 32.2. The molecule has 2 saturated carbocycles. The van der Waals surface area contributed by atoms with E-state index in [4.69, 9.17) is 13.3 Å². The van der Waals surface area contributed by atoms with Gasteiger partial charge in [-0.05, 0) is 74.8 Å². The molecule has 35 heavy (non-hydrogen) atoms. The van der Waals surface area contributed by atoms with Gasteiger partial charge in [-0.1, -0.05) is 6.07 Å². The number of phenolic OH excluding ortho intramolecular Hbond substituents is 1. The van der Waals surface area contributed by atoms with E-state index in [0.29, 0.717) is 42.9 Å². The van der Waals surface area contributed by atoms with E-state index < -0.39 is 33.3 Å². The molecule has 5 atom stereocenters. The number of piperidine rings is 1. The summed E-state index contributed by atoms with van der Waals surface area (Å²) in [5.74, 6) is 1.10. The minimum absolute atomic E-state index is 0.0233. The Hall–Kier alpha value is -2.33. The summed E-state index contributed by atoms with van der Waals surface area (Å²) < 4.78 is 42.9. The summed E-state index contributed by atoms with van der Waals surface area (Å²) in [4.78, 5) is 2.44. The minimum atomic E-state index is -4.03. The Kier molecular flexibility index (Phi) is 4.60. The Balaban J connectivity index is 1.27. The second-order valence-corrected chi connectivity index (χ2v) is 12.3. The number of furan rings is 1. The fraction of sp³-hybridized carbons (Fsp3) is 0.538. The van der Waals surface area contributed by atoms with Crippen LogP contribution in [0.4, 0.5) is 0 Å². The standard InChI is InChI=1S/C26H29NO7S/c28-19-4-3-18-13-21-26(29)8-5-20(34-35(30,31)12-7-17-6-11-32-15-17)24-25(26,22(18)23(19)33-24)9-10-27(21)14-16-1-2-16/h3-4,6-7,11-12,15-16,20-21,24,28-29H,1-2,5,8-10,13-14H2/b12-7+/t20-,21-,24+,25+,26-/m1/s1. The van der Waals surface area contributed by atoms with E-state index in [-0.39, 0.29) is 11.8 Å². The normalized spacial score (nSPS) is 35.7. The molecule has 0 amide bonds. The van der Waals surface area contributed by atoms with Gasteiger partial charge < -0.3 is 19.4 Å². The summed E-state index contributed by atoms with van der Waals surface area (Å²) in [6.07, 6.45) is 7.44. The quantitative estimate of drug-likeness (QED) is 0.584. The molecular weight excluding hydrogens is 470 g/mol. The Morgan fingerprint density at radius 3 is 2.83 bits per heavy atom. The number of aromatic hydroxyl groups is 1. The number of ether oxygens (including phenoxy) is 1. The molecule has 2 aliphatic heterocycles. The molecule has 9 heteroatoms. The van der Waals surface area contributed by atoms with Gasteiger partial charge in [-0.3, -0.25) is 9.08 Å². The van der Waals surface area contributed by atoms with Crippen molar-refractivity contribution in [1.82, 2.24) is 4.90 Å². The van der Waals surface area contributed by atoms with Crippen LogP contribution in [0.25, 0.3) is 6.08 Å². The number of likely N-dealkylation sites (tertiary alicyclic amines) is 1. The predicted octanol–water partition coefficient (Wildman–Crippen LogP) is 2.94. The number of rotatable bonds is 6. The summed E-state index contributed by atoms with van der Waals surface area (Å²) in [6, 6.07) is 5.17. The number of nitrogens with zero attached hydrogens (tertiary/aromatic N) is 1. The number of hydrogen-bond acceptors (Lipinski definition) is 8. The van der Waals surface area contributed by atoms with Crippen molar-refractivity contribution in [3.05, 3.63) is 52.8 Å². The maximum atomic E-state index is 12.9. The molecule has 1 aromatic carbocycles. The summed E-state index contributed by atoms with van der Waals surface area (Å²) in [5, 5.41) is 24.1. The summed E-state index contributed by atoms with van der Waals surface area (Å²) in [7, 11) is -4.03. The maximum absolute atomic E-state index is 12.9. The zero-order valence-electron chi connectivity index (χ0n) is 19.3. The lowest BCUT2D eigenvalue weighted by atomic mass is 9.48. The predicted molar refractivity (Wildman–Crippen MR) is 126 cm³/mol. The minimum Gasteiger partial charge on any atom is -0.504 e. The van der Waals surface area contributed by atoms with E-state index in [1.807, 2.05) is 6.07 Å². The van der Waals surface area contributed by atoms with Crippen molar-refractivity contribution < 1.29 is 32.0 Å². The van der Waals surface area contributed by atoms with Crippen LogP contribution in [-0.2, 0) is 26.1 Å². The van der Waals surface area contributed by atoms with Crippen LogP contribution >= 0.6 is 0 Å². The van der Waals surface area contributed by atoms with E-state index in [0.717, 1.165) is 29.6 Å². The number of aliphatic hydroxyl groups is 1. The molecule has 2 aromatic rings. The zero-order chi connectivity index (χ0) is 24.0. The summed E-state index contributed by atoms with van der Waals surface area (Å²) in [5.41, 5.74) is 0.649. The van der Waals surface area contributed by atoms with Crippen LogP contribution in [0.15, 0.2) is 40.6 Å². The Labute approximate surface area is 204 Å². The van der Waals surface area contributed by atoms with Crippen LogP contribution in [0, 0.1) is 5.92 Å². The van der Waals surface area contributed by atoms with Gasteiger partial charge in [-0.25, -0.2) is 0 Å². The van der Waals surface area contributed by atoms with Gasteiger partial charge in [0.1, 0.15) is 12.2 Å². The molecule has 1 saturated heterocycles. The number of hydrogen-bond donors (Lipinski definition) is 2. The average Bonchev–Trinajstić information content (AvgIpc) is 3.33. The first-order chi connectivity index (χ1) is 16.8. The molecule has 2 bridgehead atoms. The molecular formula is C26H29NO7S. The Morgan fingerprint density at radius 1 is 1.20 bits per heavy atom. The van der Waals surface area contributed by atoms with Crippen molar-refractivity contribution in [2.24, 2.45) is 5.92 Å². The van der Waals surface area contributed by atoms with E-state index in [2.05, 4.69) is 4.90 Å². The highest BCUT2D eigenvalue weighted by molar-refractivity contribution is 7.89. The van der Waals surface area contributed by atoms with Crippen LogP contribution in [0.1, 0.15) is 48.8 Å². The van der Waals surface area contributed by atoms with Crippen molar-refractivity contribution in [2.45, 2.75) is 67.8 Å². The van der Waals surface area contributed by atoms with Crippen molar-refractivity contribution in [3.8, 4) is 11.5 Å². The summed E-state index contributed by atoms with van der Waals surface area (Å²) >= 11 is 0. The van der Waals surface area contributed by atoms with Gasteiger partial charge in [0.15, 0.2) is 11.5 Å². The Bertz CT molecular complexity index is 1300. The van der Waals surface area contributed by atoms with Crippen LogP contribution in [0.2, 0.25) is 0 Å². The van der Waals surface area contributed by atoms with E-state index in [9.17, 15) is 18.6 Å². The zero-order valence-corrected chi connectivity index (χ0v) is 20.1. The smallest absolute Gasteiger partial charge is 0.290 e. The van der Waals surface area contributed by atoms with Crippen LogP contribution in [0.5, 0.6) is 11.5 Å². The first kappa shape index (κ1) is 21.9. The van der Waals surface area contributed by atoms with E-state index in [1.54, 1.807) is 12.1 Å². The van der Waals surface area contributed by atoms with Gasteiger partial charge in [0.25, 0.3) is 10.1 Å². The molecule has 3 aliphatic carbocycles. The van der Waals surface area contributed by atoms with Crippen molar-refractivity contribution >= 4 is 16.2 Å². The highest BCUT2D eigenvalue weighted by Gasteiger charge is 2.73. The van der Waals surface area contributed by atoms with Crippen molar-refractivity contribution in [2.75, 3.05) is 13.1 Å². The van der Waals surface area contributed by atoms with Crippen molar-refractivity contribution in [3.63, 3.8) is 0 Å². The van der Waals surface area contributed by atoms with E-state index >= 15 is 0 Å². The molecule has 3 heterocycles.